The minimum Gasteiger partial charge on any atom is -0.462 e. The molecule has 0 bridgehead atoms. The van der Waals surface area contributed by atoms with Crippen LogP contribution in [0.5, 0.6) is 0 Å². The van der Waals surface area contributed by atoms with Gasteiger partial charge >= 0.3 is 17.9 Å². The van der Waals surface area contributed by atoms with E-state index in [4.69, 9.17) is 14.2 Å². The van der Waals surface area contributed by atoms with Crippen LogP contribution >= 0.6 is 0 Å². The molecule has 0 radical (unpaired) electrons. The summed E-state index contributed by atoms with van der Waals surface area (Å²) in [5.41, 5.74) is 0. The summed E-state index contributed by atoms with van der Waals surface area (Å²) in [5.74, 6) is -0.887. The Kier molecular flexibility index (Phi) is 61.8. The molecular weight excluding hydrogens is 949 g/mol. The fourth-order valence-electron chi connectivity index (χ4n) is 9.13. The summed E-state index contributed by atoms with van der Waals surface area (Å²) in [4.78, 5) is 38.2. The second kappa shape index (κ2) is 64.9. The summed E-state index contributed by atoms with van der Waals surface area (Å²) in [7, 11) is 0. The van der Waals surface area contributed by atoms with Crippen molar-refractivity contribution in [2.24, 2.45) is 0 Å². The lowest BCUT2D eigenvalue weighted by atomic mass is 10.0. The van der Waals surface area contributed by atoms with Crippen molar-refractivity contribution in [2.45, 2.75) is 322 Å². The van der Waals surface area contributed by atoms with Crippen LogP contribution in [0.15, 0.2) is 97.2 Å². The Morgan fingerprint density at radius 3 is 0.844 bits per heavy atom. The molecule has 0 spiro atoms. The van der Waals surface area contributed by atoms with Gasteiger partial charge in [-0.25, -0.2) is 0 Å². The molecule has 0 aliphatic rings. The van der Waals surface area contributed by atoms with Crippen molar-refractivity contribution in [2.75, 3.05) is 13.2 Å². The van der Waals surface area contributed by atoms with E-state index < -0.39 is 6.10 Å². The fraction of sp³-hybridized carbons (Fsp3) is 0.732. The van der Waals surface area contributed by atoms with Crippen molar-refractivity contribution in [3.63, 3.8) is 0 Å². The smallest absolute Gasteiger partial charge is 0.306 e. The minimum atomic E-state index is -0.783. The number of allylic oxidation sites excluding steroid dienone is 16. The second-order valence-electron chi connectivity index (χ2n) is 21.6. The first-order chi connectivity index (χ1) is 38.0. The maximum absolute atomic E-state index is 12.9. The molecule has 0 amide bonds. The standard InChI is InChI=1S/C71H122O6/c1-4-7-10-13-16-19-22-24-26-28-29-30-31-32-33-34-35-36-37-38-39-40-41-43-44-46-49-52-55-58-61-64-70(73)76-67-68(66-75-69(72)63-60-57-54-51-48-21-18-15-12-9-6-3)77-71(74)65-62-59-56-53-50-47-45-42-27-25-23-20-17-14-11-8-5-2/h7,10,15-16,18-19,24-27,29-30,32-33,35-36,68H,4-6,8-9,11-14,17,20-23,28,31,34,37-67H2,1-3H3/b10-7-,18-15-,19-16-,26-24-,27-25-,30-29-,33-32-,36-35-. The Balaban J connectivity index is 4.21. The van der Waals surface area contributed by atoms with Crippen LogP contribution in [0.3, 0.4) is 0 Å². The van der Waals surface area contributed by atoms with Gasteiger partial charge in [-0.15, -0.1) is 0 Å². The van der Waals surface area contributed by atoms with Crippen molar-refractivity contribution in [1.82, 2.24) is 0 Å². The van der Waals surface area contributed by atoms with Gasteiger partial charge in [-0.3, -0.25) is 14.4 Å². The molecule has 77 heavy (non-hydrogen) atoms. The van der Waals surface area contributed by atoms with Gasteiger partial charge in [0.2, 0.25) is 0 Å². The van der Waals surface area contributed by atoms with Crippen LogP contribution in [0.4, 0.5) is 0 Å². The van der Waals surface area contributed by atoms with E-state index in [1.54, 1.807) is 0 Å². The lowest BCUT2D eigenvalue weighted by Crippen LogP contribution is -2.30. The number of unbranched alkanes of at least 4 members (excludes halogenated alkanes) is 32. The molecule has 0 aliphatic heterocycles. The van der Waals surface area contributed by atoms with E-state index in [9.17, 15) is 14.4 Å². The molecule has 442 valence electrons. The molecule has 0 saturated heterocycles. The first kappa shape index (κ1) is 73.3. The maximum Gasteiger partial charge on any atom is 0.306 e. The molecule has 0 aromatic rings. The quantitative estimate of drug-likeness (QED) is 0.0261. The third-order valence-corrected chi connectivity index (χ3v) is 14.0. The lowest BCUT2D eigenvalue weighted by molar-refractivity contribution is -0.167. The molecule has 0 N–H and O–H groups in total. The summed E-state index contributed by atoms with van der Waals surface area (Å²) < 4.78 is 16.9. The van der Waals surface area contributed by atoms with Crippen LogP contribution in [0.2, 0.25) is 0 Å². The molecule has 1 atom stereocenters. The summed E-state index contributed by atoms with van der Waals surface area (Å²) >= 11 is 0. The number of rotatable bonds is 59. The second-order valence-corrected chi connectivity index (χ2v) is 21.6. The molecular formula is C71H122O6. The Morgan fingerprint density at radius 1 is 0.273 bits per heavy atom. The number of hydrogen-bond donors (Lipinski definition) is 0. The number of carbonyl (C=O) groups is 3. The summed E-state index contributed by atoms with van der Waals surface area (Å²) in [6.07, 6.45) is 87.1. The van der Waals surface area contributed by atoms with E-state index in [1.807, 2.05) is 0 Å². The normalized spacial score (nSPS) is 12.7. The van der Waals surface area contributed by atoms with Gasteiger partial charge in [-0.1, -0.05) is 279 Å². The molecule has 0 fully saturated rings. The maximum atomic E-state index is 12.9. The first-order valence-electron chi connectivity index (χ1n) is 32.7. The van der Waals surface area contributed by atoms with Crippen molar-refractivity contribution in [3.8, 4) is 0 Å². The highest BCUT2D eigenvalue weighted by Gasteiger charge is 2.19. The van der Waals surface area contributed by atoms with Crippen molar-refractivity contribution >= 4 is 17.9 Å². The minimum absolute atomic E-state index is 0.0809. The average molecular weight is 1070 g/mol. The fourth-order valence-corrected chi connectivity index (χ4v) is 9.13. The van der Waals surface area contributed by atoms with Crippen LogP contribution < -0.4 is 0 Å². The van der Waals surface area contributed by atoms with Crippen LogP contribution in [0.1, 0.15) is 316 Å². The van der Waals surface area contributed by atoms with E-state index in [0.29, 0.717) is 19.3 Å². The zero-order valence-electron chi connectivity index (χ0n) is 50.7. The number of carbonyl (C=O) groups excluding carboxylic acids is 3. The van der Waals surface area contributed by atoms with Gasteiger partial charge in [-0.2, -0.15) is 0 Å². The van der Waals surface area contributed by atoms with E-state index in [2.05, 4.69) is 118 Å². The van der Waals surface area contributed by atoms with Crippen LogP contribution in [-0.2, 0) is 28.6 Å². The van der Waals surface area contributed by atoms with E-state index in [1.165, 1.54) is 173 Å². The largest absolute Gasteiger partial charge is 0.462 e. The van der Waals surface area contributed by atoms with Crippen molar-refractivity contribution in [3.05, 3.63) is 97.2 Å². The summed E-state index contributed by atoms with van der Waals surface area (Å²) in [6, 6.07) is 0. The van der Waals surface area contributed by atoms with E-state index in [-0.39, 0.29) is 31.1 Å². The molecule has 0 aliphatic carbocycles. The Hall–Kier alpha value is -3.67. The van der Waals surface area contributed by atoms with Gasteiger partial charge < -0.3 is 14.2 Å². The first-order valence-corrected chi connectivity index (χ1v) is 32.7. The molecule has 0 heterocycles. The molecule has 6 nitrogen and oxygen atoms in total. The molecule has 0 rings (SSSR count). The topological polar surface area (TPSA) is 78.9 Å². The third-order valence-electron chi connectivity index (χ3n) is 14.0. The predicted octanol–water partition coefficient (Wildman–Crippen LogP) is 22.4. The molecule has 0 aromatic carbocycles. The van der Waals surface area contributed by atoms with Gasteiger partial charge in [0.05, 0.1) is 0 Å². The van der Waals surface area contributed by atoms with Crippen LogP contribution in [0.25, 0.3) is 0 Å². The van der Waals surface area contributed by atoms with Gasteiger partial charge in [-0.05, 0) is 116 Å². The number of esters is 3. The number of hydrogen-bond acceptors (Lipinski definition) is 6. The van der Waals surface area contributed by atoms with Gasteiger partial charge in [0.1, 0.15) is 13.2 Å². The molecule has 0 saturated carbocycles. The zero-order chi connectivity index (χ0) is 55.7. The average Bonchev–Trinajstić information content (AvgIpc) is 3.43. The van der Waals surface area contributed by atoms with E-state index >= 15 is 0 Å². The van der Waals surface area contributed by atoms with Gasteiger partial charge in [0.25, 0.3) is 0 Å². The van der Waals surface area contributed by atoms with Gasteiger partial charge in [0.15, 0.2) is 6.10 Å². The Labute approximate surface area is 477 Å². The highest BCUT2D eigenvalue weighted by atomic mass is 16.6. The highest BCUT2D eigenvalue weighted by Crippen LogP contribution is 2.16. The van der Waals surface area contributed by atoms with Crippen molar-refractivity contribution < 1.29 is 28.6 Å². The van der Waals surface area contributed by atoms with Crippen molar-refractivity contribution in [1.29, 1.82) is 0 Å². The third kappa shape index (κ3) is 63.0. The van der Waals surface area contributed by atoms with Crippen LogP contribution in [-0.4, -0.2) is 37.2 Å². The summed E-state index contributed by atoms with van der Waals surface area (Å²) in [6.45, 7) is 6.50. The van der Waals surface area contributed by atoms with Gasteiger partial charge in [0, 0.05) is 19.3 Å². The Bertz CT molecular complexity index is 1510. The lowest BCUT2D eigenvalue weighted by Gasteiger charge is -2.18. The Morgan fingerprint density at radius 2 is 0.519 bits per heavy atom. The molecule has 0 aromatic heterocycles. The summed E-state index contributed by atoms with van der Waals surface area (Å²) in [5, 5.41) is 0. The molecule has 6 heteroatoms. The SMILES string of the molecule is CC/C=C\C/C=C\C/C=C\C/C=C\C/C=C\C/C=C\CCCCCCCCCCCCCCC(=O)OCC(COC(=O)CCCCCCC/C=C\CCCC)OC(=O)CCCCCCCCC/C=C\CCCCCCCC. The monoisotopic (exact) mass is 1070 g/mol. The van der Waals surface area contributed by atoms with E-state index in [0.717, 1.165) is 103 Å². The zero-order valence-corrected chi connectivity index (χ0v) is 50.7. The molecule has 1 unspecified atom stereocenters. The highest BCUT2D eigenvalue weighted by molar-refractivity contribution is 5.71. The number of ether oxygens (including phenoxy) is 3. The van der Waals surface area contributed by atoms with Crippen LogP contribution in [0, 0.1) is 0 Å². The predicted molar refractivity (Wildman–Crippen MR) is 334 cm³/mol.